The number of para-hydroxylation sites is 1. The monoisotopic (exact) mass is 410 g/mol. The number of anilines is 1. The van der Waals surface area contributed by atoms with E-state index in [-0.39, 0.29) is 18.0 Å². The number of amides is 1. The molecule has 9 nitrogen and oxygen atoms in total. The molecule has 0 saturated heterocycles. The third kappa shape index (κ3) is 6.51. The second-order valence-electron chi connectivity index (χ2n) is 7.82. The predicted molar refractivity (Wildman–Crippen MR) is 118 cm³/mol. The summed E-state index contributed by atoms with van der Waals surface area (Å²) in [6, 6.07) is 11.6. The smallest absolute Gasteiger partial charge is 0.239 e. The molecule has 5 N–H and O–H groups in total. The van der Waals surface area contributed by atoms with Crippen LogP contribution in [-0.2, 0) is 11.2 Å². The summed E-state index contributed by atoms with van der Waals surface area (Å²) in [4.78, 5) is 16.0. The van der Waals surface area contributed by atoms with Crippen LogP contribution in [0.1, 0.15) is 38.4 Å². The molecular formula is C21H30N8O. The zero-order chi connectivity index (χ0) is 22.1. The maximum Gasteiger partial charge on any atom is 0.239 e. The maximum atomic E-state index is 11.9. The van der Waals surface area contributed by atoms with E-state index in [9.17, 15) is 10.1 Å². The van der Waals surface area contributed by atoms with Gasteiger partial charge in [0.15, 0.2) is 5.96 Å². The van der Waals surface area contributed by atoms with Gasteiger partial charge in [0, 0.05) is 19.1 Å². The van der Waals surface area contributed by atoms with Gasteiger partial charge in [0.1, 0.15) is 17.5 Å². The van der Waals surface area contributed by atoms with Crippen LogP contribution < -0.4 is 21.7 Å². The van der Waals surface area contributed by atoms with Gasteiger partial charge in [-0.25, -0.2) is 4.68 Å². The van der Waals surface area contributed by atoms with E-state index in [1.165, 1.54) is 0 Å². The summed E-state index contributed by atoms with van der Waals surface area (Å²) in [6.45, 7) is 6.52. The van der Waals surface area contributed by atoms with Crippen LogP contribution in [0, 0.1) is 11.3 Å². The molecule has 30 heavy (non-hydrogen) atoms. The Hall–Kier alpha value is -3.54. The van der Waals surface area contributed by atoms with Crippen LogP contribution in [0.4, 0.5) is 5.82 Å². The number of guanidine groups is 1. The molecule has 0 radical (unpaired) electrons. The molecular weight excluding hydrogens is 380 g/mol. The first kappa shape index (κ1) is 22.7. The Kier molecular flexibility index (Phi) is 7.81. The van der Waals surface area contributed by atoms with Crippen LogP contribution in [0.3, 0.4) is 0 Å². The molecule has 0 fully saturated rings. The van der Waals surface area contributed by atoms with Gasteiger partial charge in [0.2, 0.25) is 5.91 Å². The number of hydrogen-bond donors (Lipinski definition) is 4. The molecule has 0 aliphatic carbocycles. The van der Waals surface area contributed by atoms with E-state index >= 15 is 0 Å². The van der Waals surface area contributed by atoms with E-state index in [1.807, 2.05) is 51.1 Å². The molecule has 160 valence electrons. The van der Waals surface area contributed by atoms with Gasteiger partial charge in [-0.2, -0.15) is 10.4 Å². The lowest BCUT2D eigenvalue weighted by molar-refractivity contribution is -0.121. The molecule has 0 saturated carbocycles. The zero-order valence-electron chi connectivity index (χ0n) is 18.0. The van der Waals surface area contributed by atoms with Crippen LogP contribution in [0.25, 0.3) is 5.69 Å². The van der Waals surface area contributed by atoms with Crippen molar-refractivity contribution >= 4 is 17.7 Å². The molecule has 1 amide bonds. The number of aliphatic imine (C=N–C) groups is 1. The van der Waals surface area contributed by atoms with E-state index in [1.54, 1.807) is 11.7 Å². The lowest BCUT2D eigenvalue weighted by Crippen LogP contribution is -2.48. The minimum Gasteiger partial charge on any atom is -0.382 e. The van der Waals surface area contributed by atoms with Crippen LogP contribution in [0.2, 0.25) is 0 Å². The summed E-state index contributed by atoms with van der Waals surface area (Å²) >= 11 is 0. The van der Waals surface area contributed by atoms with Crippen LogP contribution in [0.5, 0.6) is 0 Å². The van der Waals surface area contributed by atoms with Gasteiger partial charge in [-0.15, -0.1) is 0 Å². The molecule has 0 unspecified atom stereocenters. The minimum absolute atomic E-state index is 0.106. The van der Waals surface area contributed by atoms with E-state index in [0.717, 1.165) is 12.1 Å². The number of hydrogen-bond acceptors (Lipinski definition) is 5. The highest BCUT2D eigenvalue weighted by Crippen LogP contribution is 2.21. The molecule has 0 bridgehead atoms. The van der Waals surface area contributed by atoms with E-state index in [4.69, 9.17) is 5.73 Å². The van der Waals surface area contributed by atoms with Crippen molar-refractivity contribution in [2.24, 2.45) is 4.99 Å². The van der Waals surface area contributed by atoms with Gasteiger partial charge in [-0.1, -0.05) is 18.2 Å². The standard InChI is InChI=1S/C21H30N8O/c1-21(2,3)27-18(30)14-26-20(24-4)25-12-8-11-17-16(13-22)19(23)29(28-17)15-9-6-5-7-10-15/h5-7,9-10H,8,11-12,14,23H2,1-4H3,(H,27,30)(H2,24,25,26). The quantitative estimate of drug-likeness (QED) is 0.309. The lowest BCUT2D eigenvalue weighted by Gasteiger charge is -2.21. The first-order chi connectivity index (χ1) is 14.2. The van der Waals surface area contributed by atoms with Crippen LogP contribution >= 0.6 is 0 Å². The number of rotatable bonds is 7. The summed E-state index contributed by atoms with van der Waals surface area (Å²) in [6.07, 6.45) is 1.30. The SMILES string of the molecule is CN=C(NCCCc1nn(-c2ccccc2)c(N)c1C#N)NCC(=O)NC(C)(C)C. The highest BCUT2D eigenvalue weighted by molar-refractivity contribution is 5.86. The number of carbonyl (C=O) groups is 1. The largest absolute Gasteiger partial charge is 0.382 e. The maximum absolute atomic E-state index is 11.9. The highest BCUT2D eigenvalue weighted by atomic mass is 16.2. The first-order valence-electron chi connectivity index (χ1n) is 9.83. The highest BCUT2D eigenvalue weighted by Gasteiger charge is 2.16. The zero-order valence-corrected chi connectivity index (χ0v) is 18.0. The first-order valence-corrected chi connectivity index (χ1v) is 9.83. The molecule has 0 spiro atoms. The number of aryl methyl sites for hydroxylation is 1. The van der Waals surface area contributed by atoms with Crippen molar-refractivity contribution in [1.82, 2.24) is 25.7 Å². The summed E-state index contributed by atoms with van der Waals surface area (Å²) < 4.78 is 1.59. The molecule has 2 aromatic rings. The molecule has 9 heteroatoms. The van der Waals surface area contributed by atoms with Gasteiger partial charge in [-0.05, 0) is 45.7 Å². The van der Waals surface area contributed by atoms with Crippen molar-refractivity contribution in [3.8, 4) is 11.8 Å². The number of nitrogens with zero attached hydrogens (tertiary/aromatic N) is 4. The Labute approximate surface area is 177 Å². The summed E-state index contributed by atoms with van der Waals surface area (Å²) in [5.41, 5.74) is 7.73. The number of benzene rings is 1. The van der Waals surface area contributed by atoms with Crippen molar-refractivity contribution in [3.63, 3.8) is 0 Å². The van der Waals surface area contributed by atoms with Crippen molar-refractivity contribution in [2.75, 3.05) is 25.9 Å². The topological polar surface area (TPSA) is 133 Å². The molecule has 1 aromatic heterocycles. The van der Waals surface area contributed by atoms with E-state index in [2.05, 4.69) is 32.1 Å². The summed E-state index contributed by atoms with van der Waals surface area (Å²) in [5.74, 6) is 0.772. The molecule has 0 aliphatic rings. The van der Waals surface area contributed by atoms with E-state index < -0.39 is 0 Å². The minimum atomic E-state index is -0.279. The third-order valence-corrected chi connectivity index (χ3v) is 4.14. The molecule has 1 heterocycles. The average Bonchev–Trinajstić information content (AvgIpc) is 3.02. The summed E-state index contributed by atoms with van der Waals surface area (Å²) in [5, 5.41) is 23.0. The Morgan fingerprint density at radius 1 is 1.27 bits per heavy atom. The Bertz CT molecular complexity index is 919. The fraction of sp³-hybridized carbons (Fsp3) is 0.429. The number of nitrogen functional groups attached to an aromatic ring is 1. The number of nitrogens with one attached hydrogen (secondary N) is 3. The second kappa shape index (κ2) is 10.3. The van der Waals surface area contributed by atoms with Crippen molar-refractivity contribution in [2.45, 2.75) is 39.2 Å². The fourth-order valence-corrected chi connectivity index (χ4v) is 2.85. The average molecular weight is 411 g/mol. The summed E-state index contributed by atoms with van der Waals surface area (Å²) in [7, 11) is 1.65. The van der Waals surface area contributed by atoms with E-state index in [0.29, 0.717) is 36.0 Å². The Morgan fingerprint density at radius 2 is 1.97 bits per heavy atom. The van der Waals surface area contributed by atoms with Gasteiger partial charge >= 0.3 is 0 Å². The fourth-order valence-electron chi connectivity index (χ4n) is 2.85. The number of aromatic nitrogens is 2. The predicted octanol–water partition coefficient (Wildman–Crippen LogP) is 1.34. The normalized spacial score (nSPS) is 11.6. The Morgan fingerprint density at radius 3 is 2.57 bits per heavy atom. The second-order valence-corrected chi connectivity index (χ2v) is 7.82. The van der Waals surface area contributed by atoms with Crippen molar-refractivity contribution < 1.29 is 4.79 Å². The number of nitrogens with two attached hydrogens (primary N) is 1. The number of nitriles is 1. The molecule has 0 aliphatic heterocycles. The van der Waals surface area contributed by atoms with Crippen LogP contribution in [-0.4, -0.2) is 47.3 Å². The molecule has 1 aromatic carbocycles. The van der Waals surface area contributed by atoms with Gasteiger partial charge in [-0.3, -0.25) is 9.79 Å². The van der Waals surface area contributed by atoms with Gasteiger partial charge < -0.3 is 21.7 Å². The van der Waals surface area contributed by atoms with Crippen molar-refractivity contribution in [1.29, 1.82) is 5.26 Å². The Balaban J connectivity index is 1.88. The van der Waals surface area contributed by atoms with Crippen LogP contribution in [0.15, 0.2) is 35.3 Å². The molecule has 2 rings (SSSR count). The van der Waals surface area contributed by atoms with Crippen molar-refractivity contribution in [3.05, 3.63) is 41.6 Å². The third-order valence-electron chi connectivity index (χ3n) is 4.14. The number of carbonyl (C=O) groups excluding carboxylic acids is 1. The lowest BCUT2D eigenvalue weighted by atomic mass is 10.1. The molecule has 0 atom stereocenters. The van der Waals surface area contributed by atoms with Gasteiger partial charge in [0.25, 0.3) is 0 Å². The van der Waals surface area contributed by atoms with Gasteiger partial charge in [0.05, 0.1) is 17.9 Å².